The molecule has 3 heteroatoms. The number of fused-ring (bicyclic) bond motifs is 3. The third kappa shape index (κ3) is 3.19. The number of hydrogen-bond acceptors (Lipinski definition) is 3. The number of rotatable bonds is 4. The molecule has 0 radical (unpaired) electrons. The molecule has 31 heavy (non-hydrogen) atoms. The van der Waals surface area contributed by atoms with Crippen LogP contribution in [-0.2, 0) is 24.2 Å². The number of nitrogens with zero attached hydrogens (tertiary/aromatic N) is 2. The second-order valence-electron chi connectivity index (χ2n) is 8.24. The smallest absolute Gasteiger partial charge is 0.163 e. The first kappa shape index (κ1) is 18.0. The lowest BCUT2D eigenvalue weighted by Gasteiger charge is -2.07. The number of benzene rings is 3. The third-order valence-corrected chi connectivity index (χ3v) is 6.23. The number of carbonyl (C=O) groups is 1. The van der Waals surface area contributed by atoms with Crippen LogP contribution in [0.2, 0.25) is 0 Å². The van der Waals surface area contributed by atoms with Gasteiger partial charge in [0.15, 0.2) is 5.78 Å². The van der Waals surface area contributed by atoms with Crippen LogP contribution in [-0.4, -0.2) is 16.5 Å². The van der Waals surface area contributed by atoms with E-state index < -0.39 is 0 Å². The van der Waals surface area contributed by atoms with Crippen LogP contribution >= 0.6 is 0 Å². The van der Waals surface area contributed by atoms with Crippen molar-refractivity contribution in [2.24, 2.45) is 4.99 Å². The van der Waals surface area contributed by atoms with Gasteiger partial charge in [0.25, 0.3) is 0 Å². The Morgan fingerprint density at radius 1 is 0.871 bits per heavy atom. The average Bonchev–Trinajstić information content (AvgIpc) is 3.41. The Morgan fingerprint density at radius 3 is 2.58 bits per heavy atom. The molecule has 0 fully saturated rings. The third-order valence-electron chi connectivity index (χ3n) is 6.23. The Morgan fingerprint density at radius 2 is 1.71 bits per heavy atom. The summed E-state index contributed by atoms with van der Waals surface area (Å²) in [6.45, 7) is 0.695. The number of pyridine rings is 1. The lowest BCUT2D eigenvalue weighted by atomic mass is 9.95. The summed E-state index contributed by atoms with van der Waals surface area (Å²) < 4.78 is 0. The van der Waals surface area contributed by atoms with Gasteiger partial charge >= 0.3 is 0 Å². The summed E-state index contributed by atoms with van der Waals surface area (Å²) in [6.07, 6.45) is 6.81. The van der Waals surface area contributed by atoms with E-state index in [9.17, 15) is 4.79 Å². The van der Waals surface area contributed by atoms with E-state index in [0.717, 1.165) is 28.0 Å². The summed E-state index contributed by atoms with van der Waals surface area (Å²) >= 11 is 0. The van der Waals surface area contributed by atoms with Gasteiger partial charge in [-0.15, -0.1) is 0 Å². The van der Waals surface area contributed by atoms with Crippen molar-refractivity contribution in [2.75, 3.05) is 0 Å². The van der Waals surface area contributed by atoms with Crippen molar-refractivity contribution in [3.05, 3.63) is 118 Å². The maximum atomic E-state index is 13.1. The molecule has 0 bridgehead atoms. The molecular formula is C28H20N2O. The first-order chi connectivity index (χ1) is 15.2. The van der Waals surface area contributed by atoms with E-state index >= 15 is 0 Å². The van der Waals surface area contributed by atoms with Crippen LogP contribution in [0.4, 0.5) is 0 Å². The Bertz CT molecular complexity index is 1410. The van der Waals surface area contributed by atoms with Gasteiger partial charge in [0.2, 0.25) is 0 Å². The van der Waals surface area contributed by atoms with Crippen LogP contribution in [0, 0.1) is 0 Å². The molecule has 0 N–H and O–H groups in total. The zero-order chi connectivity index (χ0) is 20.8. The highest BCUT2D eigenvalue weighted by molar-refractivity contribution is 6.15. The number of ketones is 1. The summed E-state index contributed by atoms with van der Waals surface area (Å²) in [5.74, 6) is 0.203. The van der Waals surface area contributed by atoms with E-state index in [-0.39, 0.29) is 5.78 Å². The van der Waals surface area contributed by atoms with E-state index in [1.165, 1.54) is 27.5 Å². The van der Waals surface area contributed by atoms with E-state index in [1.54, 1.807) is 12.4 Å². The Kier molecular flexibility index (Phi) is 4.13. The lowest BCUT2D eigenvalue weighted by Crippen LogP contribution is -2.06. The number of aromatic nitrogens is 1. The molecular weight excluding hydrogens is 380 g/mol. The zero-order valence-corrected chi connectivity index (χ0v) is 17.0. The molecule has 4 aromatic rings. The lowest BCUT2D eigenvalue weighted by molar-refractivity contribution is -0.114. The summed E-state index contributed by atoms with van der Waals surface area (Å²) in [6, 6.07) is 23.0. The van der Waals surface area contributed by atoms with Crippen molar-refractivity contribution in [1.29, 1.82) is 0 Å². The van der Waals surface area contributed by atoms with Crippen LogP contribution in [0.25, 0.3) is 16.8 Å². The van der Waals surface area contributed by atoms with Crippen molar-refractivity contribution < 1.29 is 4.79 Å². The minimum atomic E-state index is 0.203. The number of carbonyl (C=O) groups excluding carboxylic acids is 1. The van der Waals surface area contributed by atoms with Gasteiger partial charge in [0.05, 0.1) is 12.3 Å². The SMILES string of the molecule is O=C(Cc1ccc2ccccc2c1)C1=Cc2cc3c(cc2C1)CN=C3c1ccncc1. The summed E-state index contributed by atoms with van der Waals surface area (Å²) in [7, 11) is 0. The predicted molar refractivity (Wildman–Crippen MR) is 124 cm³/mol. The highest BCUT2D eigenvalue weighted by Crippen LogP contribution is 2.33. The van der Waals surface area contributed by atoms with Gasteiger partial charge < -0.3 is 0 Å². The normalized spacial score (nSPS) is 14.2. The van der Waals surface area contributed by atoms with E-state index in [2.05, 4.69) is 53.5 Å². The second kappa shape index (κ2) is 7.13. The molecule has 0 spiro atoms. The molecule has 3 aromatic carbocycles. The topological polar surface area (TPSA) is 42.3 Å². The minimum absolute atomic E-state index is 0.203. The summed E-state index contributed by atoms with van der Waals surface area (Å²) in [4.78, 5) is 21.9. The van der Waals surface area contributed by atoms with Crippen molar-refractivity contribution in [3.8, 4) is 0 Å². The monoisotopic (exact) mass is 400 g/mol. The fourth-order valence-corrected chi connectivity index (χ4v) is 4.63. The molecule has 1 aliphatic carbocycles. The van der Waals surface area contributed by atoms with Crippen LogP contribution in [0.1, 0.15) is 33.4 Å². The van der Waals surface area contributed by atoms with Gasteiger partial charge in [-0.3, -0.25) is 14.8 Å². The number of aliphatic imine (C=N–C) groups is 1. The molecule has 148 valence electrons. The molecule has 1 aromatic heterocycles. The highest BCUT2D eigenvalue weighted by Gasteiger charge is 2.24. The summed E-state index contributed by atoms with van der Waals surface area (Å²) in [5.41, 5.74) is 8.85. The first-order valence-corrected chi connectivity index (χ1v) is 10.6. The van der Waals surface area contributed by atoms with Gasteiger partial charge in [0.1, 0.15) is 0 Å². The largest absolute Gasteiger partial charge is 0.294 e. The van der Waals surface area contributed by atoms with E-state index in [1.807, 2.05) is 24.3 Å². The van der Waals surface area contributed by atoms with Crippen molar-refractivity contribution in [1.82, 2.24) is 4.98 Å². The fraction of sp³-hybridized carbons (Fsp3) is 0.107. The quantitative estimate of drug-likeness (QED) is 0.464. The predicted octanol–water partition coefficient (Wildman–Crippen LogP) is 5.34. The van der Waals surface area contributed by atoms with Gasteiger partial charge in [0, 0.05) is 41.9 Å². The van der Waals surface area contributed by atoms with Crippen LogP contribution in [0.5, 0.6) is 0 Å². The van der Waals surface area contributed by atoms with Crippen LogP contribution < -0.4 is 0 Å². The Labute approximate surface area is 180 Å². The summed E-state index contributed by atoms with van der Waals surface area (Å²) in [5, 5.41) is 2.38. The average molecular weight is 400 g/mol. The number of Topliss-reactive ketones (excluding diaryl/α,β-unsaturated/α-hetero) is 1. The van der Waals surface area contributed by atoms with Gasteiger partial charge in [-0.05, 0) is 57.3 Å². The molecule has 0 unspecified atom stereocenters. The molecule has 2 heterocycles. The molecule has 1 aliphatic heterocycles. The van der Waals surface area contributed by atoms with Gasteiger partial charge in [-0.2, -0.15) is 0 Å². The molecule has 0 amide bonds. The number of hydrogen-bond donors (Lipinski definition) is 0. The highest BCUT2D eigenvalue weighted by atomic mass is 16.1. The van der Waals surface area contributed by atoms with Gasteiger partial charge in [-0.1, -0.05) is 48.5 Å². The molecule has 2 aliphatic rings. The second-order valence-corrected chi connectivity index (χ2v) is 8.24. The van der Waals surface area contributed by atoms with Gasteiger partial charge in [-0.25, -0.2) is 0 Å². The molecule has 3 nitrogen and oxygen atoms in total. The van der Waals surface area contributed by atoms with Crippen molar-refractivity contribution >= 4 is 28.3 Å². The van der Waals surface area contributed by atoms with Crippen LogP contribution in [0.3, 0.4) is 0 Å². The molecule has 0 saturated carbocycles. The van der Waals surface area contributed by atoms with Crippen LogP contribution in [0.15, 0.2) is 89.7 Å². The maximum absolute atomic E-state index is 13.1. The molecule has 0 atom stereocenters. The number of allylic oxidation sites excluding steroid dienone is 1. The zero-order valence-electron chi connectivity index (χ0n) is 17.0. The Hall–Kier alpha value is -3.85. The first-order valence-electron chi connectivity index (χ1n) is 10.6. The van der Waals surface area contributed by atoms with Crippen molar-refractivity contribution in [2.45, 2.75) is 19.4 Å². The molecule has 6 rings (SSSR count). The minimum Gasteiger partial charge on any atom is -0.294 e. The fourth-order valence-electron chi connectivity index (χ4n) is 4.63. The standard InChI is InChI=1S/C28H20N2O/c31-27(12-18-5-6-19-3-1-2-4-21(19)11-18)24-13-22-15-25-17-30-28(20-7-9-29-10-8-20)26(25)16-23(22)14-24/h1-11,14-16H,12-13,17H2. The van der Waals surface area contributed by atoms with E-state index in [4.69, 9.17) is 4.99 Å². The van der Waals surface area contributed by atoms with E-state index in [0.29, 0.717) is 19.4 Å². The Balaban J connectivity index is 1.27. The maximum Gasteiger partial charge on any atom is 0.163 e. The van der Waals surface area contributed by atoms with Crippen molar-refractivity contribution in [3.63, 3.8) is 0 Å². The molecule has 0 saturated heterocycles.